The molecule has 220 valence electrons. The van der Waals surface area contributed by atoms with Crippen LogP contribution in [0.4, 0.5) is 5.69 Å². The fourth-order valence-corrected chi connectivity index (χ4v) is 7.17. The molecule has 11 heteroatoms. The van der Waals surface area contributed by atoms with E-state index in [0.717, 1.165) is 39.3 Å². The third-order valence-corrected chi connectivity index (χ3v) is 9.41. The van der Waals surface area contributed by atoms with E-state index in [1.807, 2.05) is 80.3 Å². The maximum atomic E-state index is 13.3. The summed E-state index contributed by atoms with van der Waals surface area (Å²) in [5, 5.41) is 13.3. The topological polar surface area (TPSA) is 95.3 Å². The molecule has 1 saturated heterocycles. The van der Waals surface area contributed by atoms with Crippen molar-refractivity contribution in [3.05, 3.63) is 86.3 Å². The third kappa shape index (κ3) is 7.37. The van der Waals surface area contributed by atoms with Crippen molar-refractivity contribution in [3.63, 3.8) is 0 Å². The fraction of sp³-hybridized carbons (Fsp3) is 0.355. The zero-order chi connectivity index (χ0) is 30.2. The van der Waals surface area contributed by atoms with E-state index in [1.54, 1.807) is 35.8 Å². The summed E-state index contributed by atoms with van der Waals surface area (Å²) in [6, 6.07) is 19.5. The van der Waals surface area contributed by atoms with Crippen molar-refractivity contribution in [3.8, 4) is 6.07 Å². The Bertz CT molecular complexity index is 1430. The Labute approximate surface area is 256 Å². The Kier molecular flexibility index (Phi) is 10.7. The maximum absolute atomic E-state index is 13.3. The number of hydrogen-bond acceptors (Lipinski definition) is 9. The summed E-state index contributed by atoms with van der Waals surface area (Å²) in [4.78, 5) is 39.8. The molecule has 0 radical (unpaired) electrons. The zero-order valence-electron chi connectivity index (χ0n) is 24.8. The van der Waals surface area contributed by atoms with Gasteiger partial charge in [-0.1, -0.05) is 42.1 Å². The van der Waals surface area contributed by atoms with Gasteiger partial charge in [-0.3, -0.25) is 19.5 Å². The number of rotatable bonds is 6. The first kappa shape index (κ1) is 31.2. The summed E-state index contributed by atoms with van der Waals surface area (Å²) in [5.41, 5.74) is 4.05. The number of nitrogens with zero attached hydrogens (tertiary/aromatic N) is 6. The molecule has 2 aromatic rings. The Hall–Kier alpha value is -3.72. The smallest absolute Gasteiger partial charge is 0.269 e. The first-order valence-corrected chi connectivity index (χ1v) is 15.4. The largest absolute Gasteiger partial charge is 0.385 e. The lowest BCUT2D eigenvalue weighted by Crippen LogP contribution is -2.41. The molecule has 0 spiro atoms. The molecule has 0 bridgehead atoms. The number of nitrogens with one attached hydrogen (secondary N) is 1. The number of carbonyl (C=O) groups is 2. The van der Waals surface area contributed by atoms with Gasteiger partial charge in [0.2, 0.25) is 5.91 Å². The molecule has 9 nitrogen and oxygen atoms in total. The summed E-state index contributed by atoms with van der Waals surface area (Å²) in [6.07, 6.45) is 0.802. The molecule has 0 unspecified atom stereocenters. The highest BCUT2D eigenvalue weighted by Crippen LogP contribution is 2.49. The molecule has 3 aliphatic rings. The summed E-state index contributed by atoms with van der Waals surface area (Å²) in [5.74, 6) is 0.130. The van der Waals surface area contributed by atoms with Gasteiger partial charge in [-0.2, -0.15) is 5.26 Å². The molecule has 3 heterocycles. The van der Waals surface area contributed by atoms with Crippen molar-refractivity contribution in [2.75, 3.05) is 59.7 Å². The number of aliphatic imine (C=N–C) groups is 1. The highest BCUT2D eigenvalue weighted by atomic mass is 32.2. The Morgan fingerprint density at radius 2 is 1.83 bits per heavy atom. The van der Waals surface area contributed by atoms with E-state index in [2.05, 4.69) is 21.3 Å². The van der Waals surface area contributed by atoms with Gasteiger partial charge in [0, 0.05) is 49.9 Å². The van der Waals surface area contributed by atoms with Crippen LogP contribution in [0.15, 0.2) is 80.1 Å². The van der Waals surface area contributed by atoms with Crippen molar-refractivity contribution in [2.45, 2.75) is 19.9 Å². The van der Waals surface area contributed by atoms with Gasteiger partial charge in [-0.15, -0.1) is 0 Å². The number of likely N-dealkylation sites (N-methyl/N-ethyl adjacent to an activating group) is 1. The number of amides is 2. The van der Waals surface area contributed by atoms with Crippen LogP contribution in [0.1, 0.15) is 24.5 Å². The van der Waals surface area contributed by atoms with E-state index in [4.69, 9.17) is 5.26 Å². The molecule has 0 saturated carbocycles. The van der Waals surface area contributed by atoms with Crippen LogP contribution in [0, 0.1) is 11.3 Å². The van der Waals surface area contributed by atoms with Crippen LogP contribution in [-0.4, -0.2) is 91.0 Å². The van der Waals surface area contributed by atoms with Crippen LogP contribution >= 0.6 is 23.5 Å². The predicted octanol–water partition coefficient (Wildman–Crippen LogP) is 4.59. The van der Waals surface area contributed by atoms with Crippen molar-refractivity contribution in [1.29, 1.82) is 5.26 Å². The molecule has 3 aliphatic heterocycles. The van der Waals surface area contributed by atoms with Gasteiger partial charge < -0.3 is 20.0 Å². The molecule has 0 aromatic heterocycles. The average molecular weight is 604 g/mol. The number of nitriles is 1. The van der Waals surface area contributed by atoms with Gasteiger partial charge in [-0.05, 0) is 62.6 Å². The van der Waals surface area contributed by atoms with Gasteiger partial charge >= 0.3 is 0 Å². The van der Waals surface area contributed by atoms with Gasteiger partial charge in [0.1, 0.15) is 4.91 Å². The summed E-state index contributed by atoms with van der Waals surface area (Å²) < 4.78 is 0. The zero-order valence-corrected chi connectivity index (χ0v) is 26.4. The minimum Gasteiger partial charge on any atom is -0.385 e. The molecule has 2 amide bonds. The number of thioether (sulfide) groups is 2. The van der Waals surface area contributed by atoms with E-state index in [-0.39, 0.29) is 11.8 Å². The lowest BCUT2D eigenvalue weighted by molar-refractivity contribution is -0.131. The van der Waals surface area contributed by atoms with Crippen molar-refractivity contribution in [1.82, 2.24) is 19.6 Å². The highest BCUT2D eigenvalue weighted by molar-refractivity contribution is 8.19. The number of carbonyl (C=O) groups excluding carboxylic acids is 2. The maximum Gasteiger partial charge on any atom is 0.269 e. The second-order valence-electron chi connectivity index (χ2n) is 10.2. The average Bonchev–Trinajstić information content (AvgIpc) is 3.49. The monoisotopic (exact) mass is 603 g/mol. The van der Waals surface area contributed by atoms with E-state index in [0.29, 0.717) is 36.6 Å². The van der Waals surface area contributed by atoms with Gasteiger partial charge in [0.05, 0.1) is 36.3 Å². The third-order valence-electron chi connectivity index (χ3n) is 6.84. The fourth-order valence-electron chi connectivity index (χ4n) is 4.73. The minimum absolute atomic E-state index is 0.0100. The van der Waals surface area contributed by atoms with Crippen LogP contribution in [0.2, 0.25) is 0 Å². The van der Waals surface area contributed by atoms with E-state index in [1.165, 1.54) is 17.5 Å². The minimum atomic E-state index is -0.0100. The molecular weight excluding hydrogens is 567 g/mol. The molecule has 1 N–H and O–H groups in total. The first-order chi connectivity index (χ1) is 20.2. The van der Waals surface area contributed by atoms with Crippen LogP contribution in [-0.2, 0) is 16.1 Å². The molecule has 5 rings (SSSR count). The molecule has 0 aliphatic carbocycles. The van der Waals surface area contributed by atoms with E-state index in [9.17, 15) is 9.59 Å². The lowest BCUT2D eigenvalue weighted by atomic mass is 10.2. The lowest BCUT2D eigenvalue weighted by Gasteiger charge is -2.30. The first-order valence-electron chi connectivity index (χ1n) is 13.8. The van der Waals surface area contributed by atoms with Gasteiger partial charge in [0.25, 0.3) is 5.91 Å². The molecule has 1 fully saturated rings. The van der Waals surface area contributed by atoms with Crippen LogP contribution in [0.5, 0.6) is 0 Å². The molecule has 0 atom stereocenters. The van der Waals surface area contributed by atoms with Crippen LogP contribution < -0.4 is 5.32 Å². The number of anilines is 1. The van der Waals surface area contributed by atoms with Crippen LogP contribution in [0.25, 0.3) is 0 Å². The van der Waals surface area contributed by atoms with Crippen molar-refractivity contribution in [2.24, 2.45) is 4.99 Å². The quantitative estimate of drug-likeness (QED) is 0.479. The van der Waals surface area contributed by atoms with E-state index < -0.39 is 0 Å². The molecule has 42 heavy (non-hydrogen) atoms. The SMILES string of the molecule is CCNc1ccc(C#N)cc1.CN=C1S/C(=C2\SC3=C(CCN(C(=O)CN(C)C)C3)N2C)C(=O)N1Cc1ccccc1. The Morgan fingerprint density at radius 3 is 2.45 bits per heavy atom. The predicted molar refractivity (Wildman–Crippen MR) is 172 cm³/mol. The molecular formula is C31H37N7O2S2. The number of amidine groups is 1. The summed E-state index contributed by atoms with van der Waals surface area (Å²) in [6.45, 7) is 5.18. The summed E-state index contributed by atoms with van der Waals surface area (Å²) in [7, 11) is 7.56. The standard InChI is InChI=1S/C22H27N5O2S2.C9H10N2/c1-23-22-27(12-15-8-6-5-7-9-15)20(29)19(31-22)21-25(4)16-10-11-26(13-17(16)30-21)18(28)14-24(2)3;1-2-11-9-5-3-8(7-10)4-6-9/h5-9H,10-14H2,1-4H3;3-6,11H,2H2,1H3/b21-19-,23-22?;. The summed E-state index contributed by atoms with van der Waals surface area (Å²) >= 11 is 3.06. The molecule has 2 aromatic carbocycles. The number of benzene rings is 2. The van der Waals surface area contributed by atoms with Crippen LogP contribution in [0.3, 0.4) is 0 Å². The van der Waals surface area contributed by atoms with Crippen molar-refractivity contribution >= 4 is 46.2 Å². The Morgan fingerprint density at radius 1 is 1.12 bits per heavy atom. The second kappa shape index (κ2) is 14.4. The van der Waals surface area contributed by atoms with E-state index >= 15 is 0 Å². The number of hydrogen-bond donors (Lipinski definition) is 1. The second-order valence-corrected chi connectivity index (χ2v) is 12.2. The highest BCUT2D eigenvalue weighted by Gasteiger charge is 2.40. The van der Waals surface area contributed by atoms with Gasteiger partial charge in [0.15, 0.2) is 5.17 Å². The normalized spacial score (nSPS) is 19.2. The van der Waals surface area contributed by atoms with Gasteiger partial charge in [-0.25, -0.2) is 0 Å². The van der Waals surface area contributed by atoms with Crippen molar-refractivity contribution < 1.29 is 9.59 Å². The Balaban J connectivity index is 0.000000310.